The summed E-state index contributed by atoms with van der Waals surface area (Å²) in [6, 6.07) is 0. The van der Waals surface area contributed by atoms with E-state index in [9.17, 15) is 4.79 Å². The van der Waals surface area contributed by atoms with E-state index in [4.69, 9.17) is 4.74 Å². The van der Waals surface area contributed by atoms with Crippen LogP contribution in [0, 0.1) is 0 Å². The fourth-order valence-electron chi connectivity index (χ4n) is 2.16. The maximum atomic E-state index is 11.1. The molecule has 0 amide bonds. The summed E-state index contributed by atoms with van der Waals surface area (Å²) in [4.78, 5) is 11.1. The molecule has 0 aromatic carbocycles. The number of hydrogen-bond donors (Lipinski definition) is 0. The minimum absolute atomic E-state index is 0.205. The Hall–Kier alpha value is -1.78. The fraction of sp³-hybridized carbons (Fsp3) is 0.538. The average Bonchev–Trinajstić information content (AvgIpc) is 2.78. The number of allylic oxidation sites excluding steroid dienone is 1. The van der Waals surface area contributed by atoms with Crippen molar-refractivity contribution >= 4 is 5.97 Å². The Morgan fingerprint density at radius 1 is 1.50 bits per heavy atom. The number of nitrogens with zero attached hydrogens (tertiary/aromatic N) is 2. The van der Waals surface area contributed by atoms with Crippen molar-refractivity contribution in [2.24, 2.45) is 0 Å². The SMILES string of the molecule is CO/C=C1\CCc2nn(CCC(=O)OC)cc2C1. The third-order valence-electron chi connectivity index (χ3n) is 3.08. The molecule has 0 N–H and O–H groups in total. The molecule has 5 heteroatoms. The summed E-state index contributed by atoms with van der Waals surface area (Å²) in [7, 11) is 3.07. The van der Waals surface area contributed by atoms with Crippen LogP contribution in [0.3, 0.4) is 0 Å². The van der Waals surface area contributed by atoms with Crippen molar-refractivity contribution in [1.29, 1.82) is 0 Å². The summed E-state index contributed by atoms with van der Waals surface area (Å²) in [5.74, 6) is -0.205. The molecule has 0 fully saturated rings. The quantitative estimate of drug-likeness (QED) is 0.599. The Labute approximate surface area is 106 Å². The summed E-state index contributed by atoms with van der Waals surface area (Å²) in [5.41, 5.74) is 3.65. The van der Waals surface area contributed by atoms with Gasteiger partial charge in [0.1, 0.15) is 0 Å². The van der Waals surface area contributed by atoms with Gasteiger partial charge in [0.15, 0.2) is 0 Å². The molecule has 1 aromatic rings. The molecule has 2 rings (SSSR count). The lowest BCUT2D eigenvalue weighted by Gasteiger charge is -2.12. The predicted molar refractivity (Wildman–Crippen MR) is 66.0 cm³/mol. The molecule has 18 heavy (non-hydrogen) atoms. The van der Waals surface area contributed by atoms with Crippen LogP contribution in [0.4, 0.5) is 0 Å². The Kier molecular flexibility index (Phi) is 4.02. The van der Waals surface area contributed by atoms with Crippen LogP contribution in [0.15, 0.2) is 18.0 Å². The highest BCUT2D eigenvalue weighted by Gasteiger charge is 2.17. The van der Waals surface area contributed by atoms with Gasteiger partial charge in [0, 0.05) is 12.6 Å². The van der Waals surface area contributed by atoms with Crippen molar-refractivity contribution < 1.29 is 14.3 Å². The summed E-state index contributed by atoms with van der Waals surface area (Å²) in [6.07, 6.45) is 7.01. The number of aromatic nitrogens is 2. The molecule has 0 spiro atoms. The monoisotopic (exact) mass is 250 g/mol. The van der Waals surface area contributed by atoms with E-state index < -0.39 is 0 Å². The third kappa shape index (κ3) is 2.91. The standard InChI is InChI=1S/C13H18N2O3/c1-17-9-10-3-4-12-11(7-10)8-15(14-12)6-5-13(16)18-2/h8-9H,3-7H2,1-2H3/b10-9+. The van der Waals surface area contributed by atoms with E-state index >= 15 is 0 Å². The van der Waals surface area contributed by atoms with Crippen molar-refractivity contribution in [2.45, 2.75) is 32.2 Å². The minimum Gasteiger partial charge on any atom is -0.504 e. The van der Waals surface area contributed by atoms with Crippen LogP contribution in [0.2, 0.25) is 0 Å². The zero-order valence-electron chi connectivity index (χ0n) is 10.8. The van der Waals surface area contributed by atoms with Crippen LogP contribution >= 0.6 is 0 Å². The Balaban J connectivity index is 2.01. The average molecular weight is 250 g/mol. The predicted octanol–water partition coefficient (Wildman–Crippen LogP) is 1.47. The highest BCUT2D eigenvalue weighted by atomic mass is 16.5. The molecule has 0 saturated heterocycles. The lowest BCUT2D eigenvalue weighted by molar-refractivity contribution is -0.140. The van der Waals surface area contributed by atoms with Crippen LogP contribution in [0.25, 0.3) is 0 Å². The normalized spacial score (nSPS) is 16.4. The number of ether oxygens (including phenoxy) is 2. The fourth-order valence-corrected chi connectivity index (χ4v) is 2.16. The molecule has 0 unspecified atom stereocenters. The second-order valence-corrected chi connectivity index (χ2v) is 4.38. The van der Waals surface area contributed by atoms with Crippen LogP contribution < -0.4 is 0 Å². The number of rotatable bonds is 4. The van der Waals surface area contributed by atoms with Crippen LogP contribution in [0.5, 0.6) is 0 Å². The lowest BCUT2D eigenvalue weighted by Crippen LogP contribution is -2.07. The molecule has 0 saturated carbocycles. The Morgan fingerprint density at radius 3 is 3.06 bits per heavy atom. The number of aryl methyl sites for hydroxylation is 2. The van der Waals surface area contributed by atoms with Gasteiger partial charge in [0.2, 0.25) is 0 Å². The number of fused-ring (bicyclic) bond motifs is 1. The van der Waals surface area contributed by atoms with Gasteiger partial charge < -0.3 is 9.47 Å². The van der Waals surface area contributed by atoms with E-state index in [0.29, 0.717) is 13.0 Å². The topological polar surface area (TPSA) is 53.4 Å². The minimum atomic E-state index is -0.205. The van der Waals surface area contributed by atoms with E-state index in [2.05, 4.69) is 9.84 Å². The van der Waals surface area contributed by atoms with Crippen LogP contribution in [-0.2, 0) is 33.7 Å². The van der Waals surface area contributed by atoms with Crippen molar-refractivity contribution in [3.63, 3.8) is 0 Å². The number of hydrogen-bond acceptors (Lipinski definition) is 4. The number of esters is 1. The van der Waals surface area contributed by atoms with Crippen LogP contribution in [0.1, 0.15) is 24.1 Å². The molecule has 1 aliphatic carbocycles. The first-order chi connectivity index (χ1) is 8.72. The molecular formula is C13H18N2O3. The largest absolute Gasteiger partial charge is 0.504 e. The van der Waals surface area contributed by atoms with Crippen molar-refractivity contribution in [1.82, 2.24) is 9.78 Å². The summed E-state index contributed by atoms with van der Waals surface area (Å²) < 4.78 is 11.5. The van der Waals surface area contributed by atoms with Gasteiger partial charge in [0.05, 0.1) is 39.1 Å². The summed E-state index contributed by atoms with van der Waals surface area (Å²) in [6.45, 7) is 0.572. The number of carbonyl (C=O) groups excluding carboxylic acids is 1. The highest BCUT2D eigenvalue weighted by molar-refractivity contribution is 5.68. The molecule has 0 aliphatic heterocycles. The summed E-state index contributed by atoms with van der Waals surface area (Å²) >= 11 is 0. The summed E-state index contributed by atoms with van der Waals surface area (Å²) in [5, 5.41) is 4.49. The van der Waals surface area contributed by atoms with Crippen molar-refractivity contribution in [2.75, 3.05) is 14.2 Å². The second-order valence-electron chi connectivity index (χ2n) is 4.38. The number of carbonyl (C=O) groups is 1. The maximum absolute atomic E-state index is 11.1. The van der Waals surface area contributed by atoms with Gasteiger partial charge in [-0.25, -0.2) is 0 Å². The van der Waals surface area contributed by atoms with Gasteiger partial charge in [-0.05, 0) is 24.0 Å². The van der Waals surface area contributed by atoms with Gasteiger partial charge in [-0.15, -0.1) is 0 Å². The zero-order valence-corrected chi connectivity index (χ0v) is 10.8. The van der Waals surface area contributed by atoms with Crippen molar-refractivity contribution in [3.8, 4) is 0 Å². The van der Waals surface area contributed by atoms with Crippen LogP contribution in [-0.4, -0.2) is 30.0 Å². The first kappa shape index (κ1) is 12.7. The van der Waals surface area contributed by atoms with E-state index in [1.54, 1.807) is 7.11 Å². The molecular weight excluding hydrogens is 232 g/mol. The molecule has 0 atom stereocenters. The first-order valence-corrected chi connectivity index (χ1v) is 6.05. The maximum Gasteiger partial charge on any atom is 0.307 e. The van der Waals surface area contributed by atoms with E-state index in [1.165, 1.54) is 18.2 Å². The van der Waals surface area contributed by atoms with E-state index in [1.807, 2.05) is 17.1 Å². The van der Waals surface area contributed by atoms with E-state index in [-0.39, 0.29) is 5.97 Å². The van der Waals surface area contributed by atoms with Gasteiger partial charge in [0.25, 0.3) is 0 Å². The smallest absolute Gasteiger partial charge is 0.307 e. The van der Waals surface area contributed by atoms with E-state index in [0.717, 1.165) is 25.0 Å². The van der Waals surface area contributed by atoms with Gasteiger partial charge in [-0.1, -0.05) is 0 Å². The lowest BCUT2D eigenvalue weighted by atomic mass is 9.94. The van der Waals surface area contributed by atoms with Crippen molar-refractivity contribution in [3.05, 3.63) is 29.3 Å². The van der Waals surface area contributed by atoms with Gasteiger partial charge in [-0.3, -0.25) is 9.48 Å². The Morgan fingerprint density at radius 2 is 2.33 bits per heavy atom. The third-order valence-corrected chi connectivity index (χ3v) is 3.08. The van der Waals surface area contributed by atoms with Gasteiger partial charge >= 0.3 is 5.97 Å². The number of methoxy groups -OCH3 is 2. The molecule has 98 valence electrons. The molecule has 1 heterocycles. The Bertz CT molecular complexity index is 463. The molecule has 5 nitrogen and oxygen atoms in total. The second kappa shape index (κ2) is 5.71. The molecule has 0 bridgehead atoms. The molecule has 1 aromatic heterocycles. The highest BCUT2D eigenvalue weighted by Crippen LogP contribution is 2.23. The zero-order chi connectivity index (χ0) is 13.0. The van der Waals surface area contributed by atoms with Gasteiger partial charge in [-0.2, -0.15) is 5.10 Å². The molecule has 0 radical (unpaired) electrons. The first-order valence-electron chi connectivity index (χ1n) is 6.05. The molecule has 1 aliphatic rings.